The van der Waals surface area contributed by atoms with Crippen molar-refractivity contribution in [3.8, 4) is 0 Å². The third kappa shape index (κ3) is 5.35. The van der Waals surface area contributed by atoms with Gasteiger partial charge in [0, 0.05) is 32.7 Å². The molecule has 0 saturated carbocycles. The summed E-state index contributed by atoms with van der Waals surface area (Å²) in [4.78, 5) is 7.94. The smallest absolute Gasteiger partial charge is 0.370 e. The van der Waals surface area contributed by atoms with Crippen molar-refractivity contribution in [2.45, 2.75) is 31.7 Å². The van der Waals surface area contributed by atoms with Crippen molar-refractivity contribution < 1.29 is 17.9 Å². The normalized spacial score (nSPS) is 25.1. The molecule has 2 fully saturated rings. The average molecular weight is 384 g/mol. The lowest BCUT2D eigenvalue weighted by Crippen LogP contribution is -2.51. The number of aryl methyl sites for hydroxylation is 1. The fraction of sp³-hybridized carbons (Fsp3) is 0.632. The third-order valence-electron chi connectivity index (χ3n) is 5.12. The maximum Gasteiger partial charge on any atom is 0.401 e. The molecule has 2 saturated heterocycles. The van der Waals surface area contributed by atoms with E-state index in [4.69, 9.17) is 4.74 Å². The number of ether oxygens (including phenoxy) is 1. The fourth-order valence-electron chi connectivity index (χ4n) is 3.81. The predicted octanol–water partition coefficient (Wildman–Crippen LogP) is 2.58. The van der Waals surface area contributed by atoms with Crippen LogP contribution >= 0.6 is 0 Å². The van der Waals surface area contributed by atoms with E-state index in [1.165, 1.54) is 10.5 Å². The molecule has 0 radical (unpaired) electrons. The number of rotatable bonds is 3. The molecule has 27 heavy (non-hydrogen) atoms. The van der Waals surface area contributed by atoms with Gasteiger partial charge in [0.1, 0.15) is 6.10 Å². The summed E-state index contributed by atoms with van der Waals surface area (Å²) in [6.07, 6.45) is -3.51. The number of alkyl halides is 3. The van der Waals surface area contributed by atoms with Gasteiger partial charge in [-0.3, -0.25) is 9.89 Å². The first kappa shape index (κ1) is 19.9. The van der Waals surface area contributed by atoms with Crippen molar-refractivity contribution in [3.05, 3.63) is 35.4 Å². The molecule has 1 aromatic rings. The van der Waals surface area contributed by atoms with Gasteiger partial charge in [-0.1, -0.05) is 24.3 Å². The van der Waals surface area contributed by atoms with Crippen molar-refractivity contribution in [3.63, 3.8) is 0 Å². The van der Waals surface area contributed by atoms with E-state index in [2.05, 4.69) is 34.3 Å². The lowest BCUT2D eigenvalue weighted by Gasteiger charge is -2.36. The van der Waals surface area contributed by atoms with Crippen LogP contribution < -0.4 is 5.32 Å². The van der Waals surface area contributed by atoms with E-state index in [0.29, 0.717) is 39.2 Å². The highest BCUT2D eigenvalue weighted by Gasteiger charge is 2.35. The highest BCUT2D eigenvalue weighted by molar-refractivity contribution is 5.80. The number of nitrogens with zero attached hydrogens (tertiary/aromatic N) is 3. The zero-order valence-corrected chi connectivity index (χ0v) is 15.8. The number of morpholine rings is 1. The van der Waals surface area contributed by atoms with Crippen molar-refractivity contribution in [2.75, 3.05) is 46.4 Å². The fourth-order valence-corrected chi connectivity index (χ4v) is 3.81. The molecule has 2 aliphatic heterocycles. The van der Waals surface area contributed by atoms with E-state index in [1.54, 1.807) is 7.05 Å². The summed E-state index contributed by atoms with van der Waals surface area (Å²) in [6.45, 7) is 4.01. The van der Waals surface area contributed by atoms with Gasteiger partial charge in [0.05, 0.1) is 19.7 Å². The lowest BCUT2D eigenvalue weighted by molar-refractivity contribution is -0.143. The Hall–Kier alpha value is -1.80. The first-order valence-corrected chi connectivity index (χ1v) is 9.30. The predicted molar refractivity (Wildman–Crippen MR) is 98.8 cm³/mol. The highest BCUT2D eigenvalue weighted by atomic mass is 19.4. The molecule has 0 spiro atoms. The standard InChI is InChI=1S/C19H27F3N4O/c1-14-5-3-4-6-16(14)17-12-26(9-10-27-17)18(23-2)24-15-7-8-25(11-15)13-19(20,21)22/h3-6,15,17H,7-13H2,1-2H3,(H,23,24). The number of guanidine groups is 1. The van der Waals surface area contributed by atoms with Crippen LogP contribution in [0.5, 0.6) is 0 Å². The Bertz CT molecular complexity index is 665. The lowest BCUT2D eigenvalue weighted by atomic mass is 10.0. The molecule has 0 amide bonds. The van der Waals surface area contributed by atoms with E-state index in [0.717, 1.165) is 11.5 Å². The van der Waals surface area contributed by atoms with Crippen molar-refractivity contribution in [1.82, 2.24) is 15.1 Å². The molecule has 2 unspecified atom stereocenters. The Labute approximate surface area is 158 Å². The Morgan fingerprint density at radius 3 is 2.74 bits per heavy atom. The number of hydrogen-bond acceptors (Lipinski definition) is 3. The molecule has 1 aromatic carbocycles. The van der Waals surface area contributed by atoms with Crippen LogP contribution in [-0.4, -0.2) is 74.4 Å². The molecule has 3 rings (SSSR count). The van der Waals surface area contributed by atoms with E-state index in [-0.39, 0.29) is 12.1 Å². The molecule has 2 atom stereocenters. The minimum atomic E-state index is -4.15. The minimum Gasteiger partial charge on any atom is -0.370 e. The van der Waals surface area contributed by atoms with Crippen molar-refractivity contribution in [2.24, 2.45) is 4.99 Å². The first-order chi connectivity index (χ1) is 12.9. The van der Waals surface area contributed by atoms with Crippen LogP contribution in [0.25, 0.3) is 0 Å². The molecule has 5 nitrogen and oxygen atoms in total. The number of hydrogen-bond donors (Lipinski definition) is 1. The van der Waals surface area contributed by atoms with E-state index >= 15 is 0 Å². The minimum absolute atomic E-state index is 0.0224. The van der Waals surface area contributed by atoms with Crippen LogP contribution in [0, 0.1) is 6.92 Å². The quantitative estimate of drug-likeness (QED) is 0.642. The van der Waals surface area contributed by atoms with E-state index in [1.807, 2.05) is 12.1 Å². The Kier molecular flexibility index (Phi) is 6.26. The van der Waals surface area contributed by atoms with Crippen LogP contribution in [0.4, 0.5) is 13.2 Å². The maximum atomic E-state index is 12.6. The second kappa shape index (κ2) is 8.48. The average Bonchev–Trinajstić information content (AvgIpc) is 3.05. The van der Waals surface area contributed by atoms with Crippen LogP contribution in [0.3, 0.4) is 0 Å². The second-order valence-corrected chi connectivity index (χ2v) is 7.19. The van der Waals surface area contributed by atoms with Crippen LogP contribution in [0.2, 0.25) is 0 Å². The van der Waals surface area contributed by atoms with E-state index < -0.39 is 12.7 Å². The molecular formula is C19H27F3N4O. The van der Waals surface area contributed by atoms with Gasteiger partial charge in [0.2, 0.25) is 0 Å². The maximum absolute atomic E-state index is 12.6. The van der Waals surface area contributed by atoms with Crippen LogP contribution in [0.1, 0.15) is 23.7 Å². The number of nitrogens with one attached hydrogen (secondary N) is 1. The third-order valence-corrected chi connectivity index (χ3v) is 5.12. The van der Waals surface area contributed by atoms with Gasteiger partial charge in [0.15, 0.2) is 5.96 Å². The summed E-state index contributed by atoms with van der Waals surface area (Å²) in [6, 6.07) is 8.13. The topological polar surface area (TPSA) is 40.1 Å². The molecular weight excluding hydrogens is 357 g/mol. The molecule has 0 aromatic heterocycles. The number of halogens is 3. The van der Waals surface area contributed by atoms with Crippen LogP contribution in [0.15, 0.2) is 29.3 Å². The molecule has 2 aliphatic rings. The number of likely N-dealkylation sites (tertiary alicyclic amines) is 1. The van der Waals surface area contributed by atoms with Gasteiger partial charge in [-0.05, 0) is 24.5 Å². The molecule has 150 valence electrons. The Balaban J connectivity index is 1.59. The van der Waals surface area contributed by atoms with Crippen molar-refractivity contribution >= 4 is 5.96 Å². The van der Waals surface area contributed by atoms with E-state index in [9.17, 15) is 13.2 Å². The van der Waals surface area contributed by atoms with Gasteiger partial charge >= 0.3 is 6.18 Å². The monoisotopic (exact) mass is 384 g/mol. The Morgan fingerprint density at radius 1 is 1.26 bits per heavy atom. The summed E-state index contributed by atoms with van der Waals surface area (Å²) < 4.78 is 43.7. The summed E-state index contributed by atoms with van der Waals surface area (Å²) in [5.41, 5.74) is 2.35. The SMILES string of the molecule is CN=C(NC1CCN(CC(F)(F)F)C1)N1CCOC(c2ccccc2C)C1. The summed E-state index contributed by atoms with van der Waals surface area (Å²) in [7, 11) is 1.71. The first-order valence-electron chi connectivity index (χ1n) is 9.30. The molecule has 8 heteroatoms. The highest BCUT2D eigenvalue weighted by Crippen LogP contribution is 2.25. The van der Waals surface area contributed by atoms with Crippen molar-refractivity contribution in [1.29, 1.82) is 0 Å². The molecule has 0 bridgehead atoms. The van der Waals surface area contributed by atoms with Gasteiger partial charge in [0.25, 0.3) is 0 Å². The summed E-state index contributed by atoms with van der Waals surface area (Å²) in [5.74, 6) is 0.732. The van der Waals surface area contributed by atoms with Gasteiger partial charge < -0.3 is 15.0 Å². The van der Waals surface area contributed by atoms with Crippen LogP contribution in [-0.2, 0) is 4.74 Å². The van der Waals surface area contributed by atoms with Gasteiger partial charge in [-0.2, -0.15) is 13.2 Å². The second-order valence-electron chi connectivity index (χ2n) is 7.19. The molecule has 1 N–H and O–H groups in total. The summed E-state index contributed by atoms with van der Waals surface area (Å²) in [5, 5.41) is 3.35. The van der Waals surface area contributed by atoms with Gasteiger partial charge in [-0.25, -0.2) is 0 Å². The number of aliphatic imine (C=N–C) groups is 1. The largest absolute Gasteiger partial charge is 0.401 e. The zero-order chi connectivity index (χ0) is 19.4. The summed E-state index contributed by atoms with van der Waals surface area (Å²) >= 11 is 0. The zero-order valence-electron chi connectivity index (χ0n) is 15.8. The number of benzene rings is 1. The Morgan fingerprint density at radius 2 is 2.04 bits per heavy atom. The molecule has 2 heterocycles. The molecule has 0 aliphatic carbocycles. The van der Waals surface area contributed by atoms with Gasteiger partial charge in [-0.15, -0.1) is 0 Å².